The molecule has 0 saturated carbocycles. The van der Waals surface area contributed by atoms with Gasteiger partial charge in [0.15, 0.2) is 0 Å². The lowest BCUT2D eigenvalue weighted by atomic mass is 10.0. The minimum absolute atomic E-state index is 0.0690. The van der Waals surface area contributed by atoms with Crippen LogP contribution < -0.4 is 5.73 Å². The van der Waals surface area contributed by atoms with Crippen LogP contribution in [0.3, 0.4) is 0 Å². The highest BCUT2D eigenvalue weighted by Gasteiger charge is 2.36. The topological polar surface area (TPSA) is 66.6 Å². The normalized spacial score (nSPS) is 18.4. The molecule has 4 heteroatoms. The van der Waals surface area contributed by atoms with Gasteiger partial charge in [0.05, 0.1) is 5.56 Å². The molecule has 2 rings (SSSR count). The van der Waals surface area contributed by atoms with Gasteiger partial charge in [-0.3, -0.25) is 4.79 Å². The maximum absolute atomic E-state index is 12.4. The molecule has 0 atom stereocenters. The molecule has 0 unspecified atom stereocenters. The Hall–Kier alpha value is -1.71. The third kappa shape index (κ3) is 2.07. The number of phenolic OH excluding ortho intramolecular Hbond substituents is 1. The molecule has 0 spiro atoms. The quantitative estimate of drug-likeness (QED) is 0.577. The number of benzene rings is 1. The predicted molar refractivity (Wildman–Crippen MR) is 66.9 cm³/mol. The lowest BCUT2D eigenvalue weighted by Gasteiger charge is -2.32. The Kier molecular flexibility index (Phi) is 2.73. The van der Waals surface area contributed by atoms with Gasteiger partial charge in [-0.25, -0.2) is 0 Å². The van der Waals surface area contributed by atoms with Gasteiger partial charge in [-0.15, -0.1) is 0 Å². The van der Waals surface area contributed by atoms with Crippen LogP contribution in [0.4, 0.5) is 5.69 Å². The van der Waals surface area contributed by atoms with E-state index >= 15 is 0 Å². The van der Waals surface area contributed by atoms with Gasteiger partial charge >= 0.3 is 0 Å². The van der Waals surface area contributed by atoms with Crippen LogP contribution >= 0.6 is 0 Å². The smallest absolute Gasteiger partial charge is 0.256 e. The summed E-state index contributed by atoms with van der Waals surface area (Å²) in [5.74, 6) is -0.0274. The summed E-state index contributed by atoms with van der Waals surface area (Å²) in [7, 11) is 0. The fraction of sp³-hybridized carbons (Fsp3) is 0.462. The molecule has 3 N–H and O–H groups in total. The van der Waals surface area contributed by atoms with Gasteiger partial charge in [0.25, 0.3) is 5.91 Å². The molecule has 1 saturated heterocycles. The van der Waals surface area contributed by atoms with Crippen molar-refractivity contribution in [3.05, 3.63) is 23.8 Å². The van der Waals surface area contributed by atoms with E-state index in [0.717, 1.165) is 19.4 Å². The Morgan fingerprint density at radius 2 is 2.18 bits per heavy atom. The summed E-state index contributed by atoms with van der Waals surface area (Å²) in [6.45, 7) is 4.86. The Balaban J connectivity index is 2.34. The summed E-state index contributed by atoms with van der Waals surface area (Å²) in [5, 5.41) is 9.43. The molecule has 1 amide bonds. The number of carbonyl (C=O) groups is 1. The minimum atomic E-state index is -0.130. The first-order valence-corrected chi connectivity index (χ1v) is 5.82. The molecular formula is C13H18N2O2. The molecule has 0 aliphatic carbocycles. The molecule has 92 valence electrons. The Labute approximate surface area is 101 Å². The van der Waals surface area contributed by atoms with E-state index in [-0.39, 0.29) is 17.2 Å². The standard InChI is InChI=1S/C13H18N2O2/c1-13(2)6-3-7-15(13)12(17)10-8-9(16)4-5-11(10)14/h4-5,8,16H,3,6-7,14H2,1-2H3. The molecule has 1 aromatic rings. The van der Waals surface area contributed by atoms with Crippen LogP contribution in [0.2, 0.25) is 0 Å². The number of anilines is 1. The van der Waals surface area contributed by atoms with Gasteiger partial charge in [0, 0.05) is 17.8 Å². The average molecular weight is 234 g/mol. The van der Waals surface area contributed by atoms with Gasteiger partial charge in [-0.2, -0.15) is 0 Å². The monoisotopic (exact) mass is 234 g/mol. The average Bonchev–Trinajstić information content (AvgIpc) is 2.61. The van der Waals surface area contributed by atoms with Crippen LogP contribution in [0.15, 0.2) is 18.2 Å². The Bertz CT molecular complexity index is 455. The number of carbonyl (C=O) groups excluding carboxylic acids is 1. The first-order valence-electron chi connectivity index (χ1n) is 5.82. The number of hydrogen-bond acceptors (Lipinski definition) is 3. The lowest BCUT2D eigenvalue weighted by Crippen LogP contribution is -2.42. The van der Waals surface area contributed by atoms with Crippen LogP contribution in [-0.4, -0.2) is 28.0 Å². The molecule has 4 nitrogen and oxygen atoms in total. The molecule has 17 heavy (non-hydrogen) atoms. The van der Waals surface area contributed by atoms with Crippen molar-refractivity contribution in [1.82, 2.24) is 4.90 Å². The molecule has 0 radical (unpaired) electrons. The lowest BCUT2D eigenvalue weighted by molar-refractivity contribution is 0.0652. The number of nitrogens with zero attached hydrogens (tertiary/aromatic N) is 1. The van der Waals surface area contributed by atoms with Crippen LogP contribution in [-0.2, 0) is 0 Å². The SMILES string of the molecule is CC1(C)CCCN1C(=O)c1cc(O)ccc1N. The van der Waals surface area contributed by atoms with Crippen molar-refractivity contribution in [3.8, 4) is 5.75 Å². The zero-order valence-corrected chi connectivity index (χ0v) is 10.2. The molecule has 1 heterocycles. The largest absolute Gasteiger partial charge is 0.508 e. The summed E-state index contributed by atoms with van der Waals surface area (Å²) >= 11 is 0. The Morgan fingerprint density at radius 1 is 1.47 bits per heavy atom. The number of hydrogen-bond donors (Lipinski definition) is 2. The third-order valence-corrected chi connectivity index (χ3v) is 3.41. The number of nitrogens with two attached hydrogens (primary N) is 1. The number of nitrogen functional groups attached to an aromatic ring is 1. The zero-order valence-electron chi connectivity index (χ0n) is 10.2. The van der Waals surface area contributed by atoms with Crippen molar-refractivity contribution in [3.63, 3.8) is 0 Å². The highest BCUT2D eigenvalue weighted by molar-refractivity contribution is 6.00. The van der Waals surface area contributed by atoms with Crippen molar-refractivity contribution in [2.24, 2.45) is 0 Å². The highest BCUT2D eigenvalue weighted by Crippen LogP contribution is 2.31. The minimum Gasteiger partial charge on any atom is -0.508 e. The first-order chi connectivity index (χ1) is 7.92. The molecule has 0 aromatic heterocycles. The molecule has 1 fully saturated rings. The van der Waals surface area contributed by atoms with Gasteiger partial charge in [0.2, 0.25) is 0 Å². The second-order valence-electron chi connectivity index (χ2n) is 5.14. The van der Waals surface area contributed by atoms with E-state index in [1.807, 2.05) is 4.90 Å². The van der Waals surface area contributed by atoms with E-state index in [2.05, 4.69) is 13.8 Å². The van der Waals surface area contributed by atoms with Gasteiger partial charge in [-0.05, 0) is 44.9 Å². The summed E-state index contributed by atoms with van der Waals surface area (Å²) in [5.41, 5.74) is 6.46. The van der Waals surface area contributed by atoms with E-state index < -0.39 is 0 Å². The van der Waals surface area contributed by atoms with Gasteiger partial charge in [0.1, 0.15) is 5.75 Å². The highest BCUT2D eigenvalue weighted by atomic mass is 16.3. The first kappa shape index (κ1) is 11.8. The fourth-order valence-electron chi connectivity index (χ4n) is 2.36. The zero-order chi connectivity index (χ0) is 12.6. The number of aromatic hydroxyl groups is 1. The van der Waals surface area contributed by atoms with E-state index in [4.69, 9.17) is 5.73 Å². The maximum Gasteiger partial charge on any atom is 0.256 e. The molecule has 1 aliphatic rings. The molecule has 1 aliphatic heterocycles. The van der Waals surface area contributed by atoms with E-state index in [1.165, 1.54) is 12.1 Å². The third-order valence-electron chi connectivity index (χ3n) is 3.41. The number of phenols is 1. The van der Waals surface area contributed by atoms with Gasteiger partial charge < -0.3 is 15.7 Å². The summed E-state index contributed by atoms with van der Waals surface area (Å²) in [4.78, 5) is 14.2. The van der Waals surface area contributed by atoms with Crippen molar-refractivity contribution in [2.75, 3.05) is 12.3 Å². The summed E-state index contributed by atoms with van der Waals surface area (Å²) < 4.78 is 0. The van der Waals surface area contributed by atoms with Crippen molar-refractivity contribution in [1.29, 1.82) is 0 Å². The molecule has 1 aromatic carbocycles. The second-order valence-corrected chi connectivity index (χ2v) is 5.14. The number of amides is 1. The van der Waals surface area contributed by atoms with E-state index in [9.17, 15) is 9.90 Å². The Morgan fingerprint density at radius 3 is 2.76 bits per heavy atom. The van der Waals surface area contributed by atoms with Crippen LogP contribution in [0.5, 0.6) is 5.75 Å². The van der Waals surface area contributed by atoms with Crippen LogP contribution in [0.1, 0.15) is 37.0 Å². The maximum atomic E-state index is 12.4. The summed E-state index contributed by atoms with van der Waals surface area (Å²) in [6, 6.07) is 4.49. The van der Waals surface area contributed by atoms with Crippen LogP contribution in [0.25, 0.3) is 0 Å². The predicted octanol–water partition coefficient (Wildman–Crippen LogP) is 1.99. The van der Waals surface area contributed by atoms with Crippen LogP contribution in [0, 0.1) is 0 Å². The van der Waals surface area contributed by atoms with Crippen molar-refractivity contribution in [2.45, 2.75) is 32.2 Å². The van der Waals surface area contributed by atoms with Crippen molar-refractivity contribution < 1.29 is 9.90 Å². The molecular weight excluding hydrogens is 216 g/mol. The van der Waals surface area contributed by atoms with E-state index in [1.54, 1.807) is 6.07 Å². The van der Waals surface area contributed by atoms with Crippen molar-refractivity contribution >= 4 is 11.6 Å². The fourth-order valence-corrected chi connectivity index (χ4v) is 2.36. The van der Waals surface area contributed by atoms with Gasteiger partial charge in [-0.1, -0.05) is 0 Å². The van der Waals surface area contributed by atoms with E-state index in [0.29, 0.717) is 11.3 Å². The second kappa shape index (κ2) is 3.95. The molecule has 0 bridgehead atoms. The number of likely N-dealkylation sites (tertiary alicyclic amines) is 1. The summed E-state index contributed by atoms with van der Waals surface area (Å²) in [6.07, 6.45) is 2.01. The number of rotatable bonds is 1.